The third-order valence-electron chi connectivity index (χ3n) is 1.46. The number of hydrogen-bond acceptors (Lipinski definition) is 2. The summed E-state index contributed by atoms with van der Waals surface area (Å²) in [5.41, 5.74) is 5.44. The number of nitrogens with one attached hydrogen (secondary N) is 1. The number of H-pyrrole nitrogens is 1. The second kappa shape index (κ2) is 5.53. The number of aromatic nitrogens is 2. The lowest BCUT2D eigenvalue weighted by molar-refractivity contribution is 0.1000. The Morgan fingerprint density at radius 2 is 1.79 bits per heavy atom. The number of primary amides is 1. The summed E-state index contributed by atoms with van der Waals surface area (Å²) in [5, 5.41) is 0. The van der Waals surface area contributed by atoms with Gasteiger partial charge in [-0.1, -0.05) is 0 Å². The number of pyridine rings is 1. The molecule has 72 valence electrons. The van der Waals surface area contributed by atoms with Gasteiger partial charge in [0.15, 0.2) is 0 Å². The largest absolute Gasteiger partial charge is 0.368 e. The third-order valence-corrected chi connectivity index (χ3v) is 1.46. The SMILES string of the molecule is NC(=O)c1ccncc1.c1cc[nH]c1. The summed E-state index contributed by atoms with van der Waals surface area (Å²) in [6, 6.07) is 7.03. The van der Waals surface area contributed by atoms with Crippen LogP contribution in [0.3, 0.4) is 0 Å². The molecule has 0 radical (unpaired) electrons. The van der Waals surface area contributed by atoms with Crippen LogP contribution < -0.4 is 5.73 Å². The first-order valence-electron chi connectivity index (χ1n) is 4.08. The molecule has 2 aromatic heterocycles. The van der Waals surface area contributed by atoms with Gasteiger partial charge in [0.1, 0.15) is 0 Å². The van der Waals surface area contributed by atoms with Crippen molar-refractivity contribution in [2.24, 2.45) is 5.73 Å². The Kier molecular flexibility index (Phi) is 3.94. The van der Waals surface area contributed by atoms with Crippen LogP contribution in [0.2, 0.25) is 0 Å². The fraction of sp³-hybridized carbons (Fsp3) is 0. The Labute approximate surface area is 81.8 Å². The predicted molar refractivity (Wildman–Crippen MR) is 53.5 cm³/mol. The number of amides is 1. The molecule has 0 aliphatic heterocycles. The normalized spacial score (nSPS) is 8.57. The van der Waals surface area contributed by atoms with E-state index in [1.807, 2.05) is 24.5 Å². The van der Waals surface area contributed by atoms with Crippen LogP contribution in [0, 0.1) is 0 Å². The highest BCUT2D eigenvalue weighted by Gasteiger charge is 1.94. The van der Waals surface area contributed by atoms with Gasteiger partial charge in [-0.25, -0.2) is 0 Å². The quantitative estimate of drug-likeness (QED) is 0.707. The molecule has 1 amide bonds. The molecule has 2 heterocycles. The van der Waals surface area contributed by atoms with Crippen molar-refractivity contribution in [2.45, 2.75) is 0 Å². The summed E-state index contributed by atoms with van der Waals surface area (Å²) in [7, 11) is 0. The number of nitrogens with zero attached hydrogens (tertiary/aromatic N) is 1. The van der Waals surface area contributed by atoms with Crippen LogP contribution in [0.1, 0.15) is 10.4 Å². The van der Waals surface area contributed by atoms with E-state index in [0.29, 0.717) is 5.56 Å². The maximum atomic E-state index is 10.4. The fourth-order valence-electron chi connectivity index (χ4n) is 0.794. The molecule has 0 fully saturated rings. The zero-order chi connectivity index (χ0) is 10.2. The smallest absolute Gasteiger partial charge is 0.248 e. The highest BCUT2D eigenvalue weighted by molar-refractivity contribution is 5.92. The van der Waals surface area contributed by atoms with E-state index in [9.17, 15) is 4.79 Å². The van der Waals surface area contributed by atoms with Crippen molar-refractivity contribution in [3.63, 3.8) is 0 Å². The third kappa shape index (κ3) is 3.53. The Bertz CT molecular complexity index is 339. The Morgan fingerprint density at radius 3 is 2.07 bits per heavy atom. The van der Waals surface area contributed by atoms with Crippen molar-refractivity contribution in [1.29, 1.82) is 0 Å². The lowest BCUT2D eigenvalue weighted by Crippen LogP contribution is -2.10. The van der Waals surface area contributed by atoms with Gasteiger partial charge in [-0.05, 0) is 24.3 Å². The zero-order valence-electron chi connectivity index (χ0n) is 7.55. The van der Waals surface area contributed by atoms with Gasteiger partial charge in [-0.2, -0.15) is 0 Å². The van der Waals surface area contributed by atoms with Crippen LogP contribution in [-0.4, -0.2) is 15.9 Å². The zero-order valence-corrected chi connectivity index (χ0v) is 7.55. The number of rotatable bonds is 1. The summed E-state index contributed by atoms with van der Waals surface area (Å²) in [6.45, 7) is 0. The molecule has 0 aliphatic rings. The van der Waals surface area contributed by atoms with Gasteiger partial charge in [0.2, 0.25) is 5.91 Å². The molecular formula is C10H11N3O. The molecule has 0 saturated carbocycles. The molecule has 3 N–H and O–H groups in total. The Hall–Kier alpha value is -2.10. The van der Waals surface area contributed by atoms with Gasteiger partial charge in [0.25, 0.3) is 0 Å². The minimum Gasteiger partial charge on any atom is -0.368 e. The average molecular weight is 189 g/mol. The van der Waals surface area contributed by atoms with Crippen molar-refractivity contribution < 1.29 is 4.79 Å². The molecule has 0 aromatic carbocycles. The van der Waals surface area contributed by atoms with Crippen LogP contribution >= 0.6 is 0 Å². The highest BCUT2D eigenvalue weighted by atomic mass is 16.1. The maximum Gasteiger partial charge on any atom is 0.248 e. The van der Waals surface area contributed by atoms with E-state index in [4.69, 9.17) is 5.73 Å². The van der Waals surface area contributed by atoms with Crippen molar-refractivity contribution in [3.05, 3.63) is 54.6 Å². The summed E-state index contributed by atoms with van der Waals surface area (Å²) in [4.78, 5) is 17.0. The summed E-state index contributed by atoms with van der Waals surface area (Å²) < 4.78 is 0. The van der Waals surface area contributed by atoms with Gasteiger partial charge >= 0.3 is 0 Å². The molecule has 2 rings (SSSR count). The molecular weight excluding hydrogens is 178 g/mol. The first-order chi connectivity index (χ1) is 6.80. The lowest BCUT2D eigenvalue weighted by Gasteiger charge is -1.88. The number of nitrogens with two attached hydrogens (primary N) is 1. The highest BCUT2D eigenvalue weighted by Crippen LogP contribution is 1.91. The minimum absolute atomic E-state index is 0.419. The number of aromatic amines is 1. The molecule has 14 heavy (non-hydrogen) atoms. The monoisotopic (exact) mass is 189 g/mol. The second-order valence-electron chi connectivity index (χ2n) is 2.49. The molecule has 0 atom stereocenters. The molecule has 4 nitrogen and oxygen atoms in total. The van der Waals surface area contributed by atoms with Crippen molar-refractivity contribution in [2.75, 3.05) is 0 Å². The van der Waals surface area contributed by atoms with Crippen molar-refractivity contribution in [3.8, 4) is 0 Å². The topological polar surface area (TPSA) is 71.8 Å². The predicted octanol–water partition coefficient (Wildman–Crippen LogP) is 1.20. The van der Waals surface area contributed by atoms with Gasteiger partial charge in [0, 0.05) is 30.4 Å². The number of hydrogen-bond donors (Lipinski definition) is 2. The summed E-state index contributed by atoms with van der Waals surface area (Å²) >= 11 is 0. The number of carbonyl (C=O) groups excluding carboxylic acids is 1. The standard InChI is InChI=1S/C6H6N2O.C4H5N/c7-6(9)5-1-3-8-4-2-5;1-2-4-5-3-1/h1-4H,(H2,7,9);1-5H. The molecule has 0 bridgehead atoms. The van der Waals surface area contributed by atoms with E-state index < -0.39 is 5.91 Å². The first-order valence-corrected chi connectivity index (χ1v) is 4.08. The Balaban J connectivity index is 0.000000165. The molecule has 0 saturated heterocycles. The van der Waals surface area contributed by atoms with Gasteiger partial charge in [0.05, 0.1) is 0 Å². The van der Waals surface area contributed by atoms with E-state index in [2.05, 4.69) is 9.97 Å². The van der Waals surface area contributed by atoms with Crippen LogP contribution in [0.4, 0.5) is 0 Å². The van der Waals surface area contributed by atoms with Crippen LogP contribution in [0.15, 0.2) is 49.1 Å². The van der Waals surface area contributed by atoms with E-state index in [-0.39, 0.29) is 0 Å². The van der Waals surface area contributed by atoms with E-state index in [1.165, 1.54) is 12.4 Å². The van der Waals surface area contributed by atoms with E-state index in [0.717, 1.165) is 0 Å². The van der Waals surface area contributed by atoms with E-state index >= 15 is 0 Å². The average Bonchev–Trinajstić information content (AvgIpc) is 2.77. The van der Waals surface area contributed by atoms with Crippen LogP contribution in [0.5, 0.6) is 0 Å². The maximum absolute atomic E-state index is 10.4. The molecule has 0 unspecified atom stereocenters. The molecule has 2 aromatic rings. The molecule has 0 aliphatic carbocycles. The fourth-order valence-corrected chi connectivity index (χ4v) is 0.794. The summed E-state index contributed by atoms with van der Waals surface area (Å²) in [6.07, 6.45) is 6.81. The van der Waals surface area contributed by atoms with Gasteiger partial charge in [-0.15, -0.1) is 0 Å². The van der Waals surface area contributed by atoms with Crippen LogP contribution in [-0.2, 0) is 0 Å². The van der Waals surface area contributed by atoms with E-state index in [1.54, 1.807) is 12.1 Å². The van der Waals surface area contributed by atoms with Crippen molar-refractivity contribution >= 4 is 5.91 Å². The number of carbonyl (C=O) groups is 1. The molecule has 4 heteroatoms. The minimum atomic E-state index is -0.419. The second-order valence-corrected chi connectivity index (χ2v) is 2.49. The van der Waals surface area contributed by atoms with Gasteiger partial charge in [-0.3, -0.25) is 9.78 Å². The lowest BCUT2D eigenvalue weighted by atomic mass is 10.3. The van der Waals surface area contributed by atoms with Crippen LogP contribution in [0.25, 0.3) is 0 Å². The van der Waals surface area contributed by atoms with Crippen molar-refractivity contribution in [1.82, 2.24) is 9.97 Å². The summed E-state index contributed by atoms with van der Waals surface area (Å²) in [5.74, 6) is -0.419. The van der Waals surface area contributed by atoms with Gasteiger partial charge < -0.3 is 10.7 Å². The molecule has 0 spiro atoms. The Morgan fingerprint density at radius 1 is 1.21 bits per heavy atom. The first kappa shape index (κ1) is 9.98.